The van der Waals surface area contributed by atoms with E-state index in [0.717, 1.165) is 14.7 Å². The molecular formula is C57H102N7O45P. The first-order chi connectivity index (χ1) is 51.3. The van der Waals surface area contributed by atoms with Gasteiger partial charge in [0.1, 0.15) is 134 Å². The Hall–Kier alpha value is -5.41. The Labute approximate surface area is 621 Å². The number of hydrogen-bond donors (Lipinski definition) is 34. The van der Waals surface area contributed by atoms with Gasteiger partial charge >= 0.3 is 31.5 Å². The van der Waals surface area contributed by atoms with E-state index in [0.29, 0.717) is 0 Å². The molecule has 110 heavy (non-hydrogen) atoms. The zero-order chi connectivity index (χ0) is 83.7. The molecule has 0 bridgehead atoms. The Morgan fingerprint density at radius 3 is 0.900 bits per heavy atom. The van der Waals surface area contributed by atoms with Gasteiger partial charge in [0.25, 0.3) is 17.7 Å². The fourth-order valence-corrected chi connectivity index (χ4v) is 12.5. The monoisotopic (exact) mass is 1640 g/mol. The van der Waals surface area contributed by atoms with Gasteiger partial charge in [-0.1, -0.05) is 0 Å². The molecule has 3 fully saturated rings. The number of hydrogen-bond acceptors (Lipinski definition) is 42. The van der Waals surface area contributed by atoms with E-state index in [1.807, 2.05) is 16.0 Å². The number of aliphatic hydroxyl groups excluding tert-OH is 24. The molecule has 3 heterocycles. The number of amides is 4. The van der Waals surface area contributed by atoms with Crippen LogP contribution in [0.15, 0.2) is 0 Å². The number of carboxylic acids is 4. The molecule has 3 aliphatic rings. The lowest BCUT2D eigenvalue weighted by Crippen LogP contribution is -2.63. The van der Waals surface area contributed by atoms with Crippen LogP contribution in [0.3, 0.4) is 0 Å². The Balaban J connectivity index is 2.32. The minimum Gasteiger partial charge on any atom is -0.480 e. The van der Waals surface area contributed by atoms with Gasteiger partial charge in [-0.05, 0) is 6.42 Å². The van der Waals surface area contributed by atoms with Gasteiger partial charge < -0.3 is 202 Å². The van der Waals surface area contributed by atoms with Crippen molar-refractivity contribution in [3.05, 3.63) is 0 Å². The molecule has 3 rings (SSSR count). The van der Waals surface area contributed by atoms with Crippen molar-refractivity contribution in [1.29, 1.82) is 0 Å². The molecular weight excluding hydrogens is 1530 g/mol. The second kappa shape index (κ2) is 46.2. The maximum absolute atomic E-state index is 14.3. The highest BCUT2D eigenvalue weighted by Gasteiger charge is 2.52. The van der Waals surface area contributed by atoms with Crippen LogP contribution in [0.4, 0.5) is 0 Å². The standard InChI is InChI=1S/C57H102N7O45P/c65-11-21(71)48(107-54-45(95)36(86)33(83)24(14-68)104-54)39(89)42(92)51(98)59-18-57(19-60-52(99)43(93)40(90)49(22(72)12-66)108-55-46(96)37(87)34(84)25(15-69)105-55,20-61-53(100)44(94)41(91)50(23(73)13-67)109-56-47(97)38(88)35(85)26(16-70)106-56)17-58-27(74)1-2-28(110(101,102)103)64(5-3-62(7-29(75)76)8-30(77)78)6-4-63(9-31(79)80)10-32(81)82/h21-26,28,33-50,54-56,65-73,83-97H,1-20H2,(H,58,74)(H,59,98)(H,60,99)(H,61,100)(H,75,76)(H,77,78)(H,79,80)(H,81,82)(H2,101,102,103)/t21?,22?,23?,24?,25?,26?,28?,33?,34?,35?,36?,37?,38?,39-,40?,41?,42?,43?,44?,45?,46?,47?,48?,49?,50?,54?,55?,56?,57?/m1/s1. The van der Waals surface area contributed by atoms with Crippen LogP contribution >= 0.6 is 7.60 Å². The zero-order valence-electron chi connectivity index (χ0n) is 58.1. The summed E-state index contributed by atoms with van der Waals surface area (Å²) in [4.78, 5) is 128. The van der Waals surface area contributed by atoms with Crippen molar-refractivity contribution >= 4 is 55.1 Å². The summed E-state index contributed by atoms with van der Waals surface area (Å²) in [7, 11) is -5.70. The first kappa shape index (κ1) is 98.8. The highest BCUT2D eigenvalue weighted by atomic mass is 31.2. The number of nitrogens with zero attached hydrogens (tertiary/aromatic N) is 3. The van der Waals surface area contributed by atoms with Gasteiger partial charge in [0.2, 0.25) is 5.91 Å². The summed E-state index contributed by atoms with van der Waals surface area (Å²) in [6.45, 7) is -19.9. The van der Waals surface area contributed by atoms with Gasteiger partial charge in [-0.15, -0.1) is 0 Å². The van der Waals surface area contributed by atoms with Crippen molar-refractivity contribution in [1.82, 2.24) is 36.0 Å². The third kappa shape index (κ3) is 28.8. The first-order valence-electron chi connectivity index (χ1n) is 33.3. The van der Waals surface area contributed by atoms with E-state index in [4.69, 9.17) is 28.4 Å². The SMILES string of the molecule is O=C(O)CN(CCN(CCN(CC(=O)O)CC(=O)O)C(CCC(=O)NCC(CNC(=O)C(O)C(O)C(OC1OC(CO)C(O)C(O)C1O)C(O)CO)(CNC(=O)C(O)C(O)C(OC1OC(CO)C(O)C(O)C1O)C(O)CO)CNC(=O)C(O)[C@@H](O)C(OC1OC(CO)C(O)C(O)C1O)C(O)CO)P(=O)(O)O)CC(=O)O. The minimum atomic E-state index is -5.70. The van der Waals surface area contributed by atoms with E-state index in [1.165, 1.54) is 0 Å². The molecule has 27 unspecified atom stereocenters. The summed E-state index contributed by atoms with van der Waals surface area (Å²) >= 11 is 0. The van der Waals surface area contributed by atoms with E-state index in [-0.39, 0.29) is 0 Å². The van der Waals surface area contributed by atoms with E-state index < -0.39 is 363 Å². The van der Waals surface area contributed by atoms with Crippen LogP contribution in [0.2, 0.25) is 0 Å². The highest BCUT2D eigenvalue weighted by Crippen LogP contribution is 2.45. The van der Waals surface area contributed by atoms with Crippen molar-refractivity contribution in [2.45, 2.75) is 184 Å². The third-order valence-corrected chi connectivity index (χ3v) is 19.1. The number of ether oxygens (including phenoxy) is 6. The van der Waals surface area contributed by atoms with Crippen LogP contribution in [0, 0.1) is 5.41 Å². The van der Waals surface area contributed by atoms with Crippen LogP contribution < -0.4 is 21.3 Å². The van der Waals surface area contributed by atoms with Crippen molar-refractivity contribution < 1.29 is 224 Å². The summed E-state index contributed by atoms with van der Waals surface area (Å²) in [5, 5.41) is 300. The summed E-state index contributed by atoms with van der Waals surface area (Å²) in [5.41, 5.74) is -2.66. The molecule has 0 aromatic carbocycles. The van der Waals surface area contributed by atoms with Crippen LogP contribution in [0.1, 0.15) is 12.8 Å². The predicted octanol–water partition coefficient (Wildman–Crippen LogP) is -21.3. The van der Waals surface area contributed by atoms with E-state index in [1.54, 1.807) is 0 Å². The van der Waals surface area contributed by atoms with Gasteiger partial charge in [0.05, 0.1) is 65.8 Å². The molecule has 3 aliphatic heterocycles. The smallest absolute Gasteiger partial charge is 0.342 e. The Morgan fingerprint density at radius 1 is 0.400 bits per heavy atom. The number of carboxylic acid groups (broad SMARTS) is 4. The predicted molar refractivity (Wildman–Crippen MR) is 346 cm³/mol. The molecule has 52 nitrogen and oxygen atoms in total. The van der Waals surface area contributed by atoms with E-state index in [2.05, 4.69) is 5.32 Å². The maximum Gasteiger partial charge on any atom is 0.342 e. The fourth-order valence-electron chi connectivity index (χ4n) is 11.4. The molecule has 53 heteroatoms. The van der Waals surface area contributed by atoms with E-state index in [9.17, 15) is 196 Å². The second-order valence-electron chi connectivity index (χ2n) is 26.0. The molecule has 0 aromatic heterocycles. The fraction of sp³-hybridized carbons (Fsp3) is 0.860. The van der Waals surface area contributed by atoms with Gasteiger partial charge in [-0.3, -0.25) is 57.6 Å². The number of aliphatic hydroxyl groups is 24. The Morgan fingerprint density at radius 2 is 0.664 bits per heavy atom. The number of nitrogens with one attached hydrogen (secondary N) is 4. The Kier molecular flexibility index (Phi) is 41.5. The molecule has 640 valence electrons. The number of carbonyl (C=O) groups is 8. The van der Waals surface area contributed by atoms with Crippen molar-refractivity contribution in [3.63, 3.8) is 0 Å². The maximum atomic E-state index is 14.3. The minimum absolute atomic E-state index is 0.677. The molecule has 34 N–H and O–H groups in total. The molecule has 3 saturated heterocycles. The first-order valence-corrected chi connectivity index (χ1v) is 35.0. The van der Waals surface area contributed by atoms with Crippen LogP contribution in [-0.2, 0) is 71.3 Å². The largest absolute Gasteiger partial charge is 0.480 e. The molecule has 4 amide bonds. The van der Waals surface area contributed by atoms with Gasteiger partial charge in [0.15, 0.2) is 37.2 Å². The lowest BCUT2D eigenvalue weighted by molar-refractivity contribution is -0.326. The average molecular weight is 1640 g/mol. The zero-order valence-corrected chi connectivity index (χ0v) is 59.0. The molecule has 0 aromatic rings. The number of rotatable bonds is 51. The molecule has 0 saturated carbocycles. The normalized spacial score (nSPS) is 28.9. The third-order valence-electron chi connectivity index (χ3n) is 17.8. The average Bonchev–Trinajstić information content (AvgIpc) is 0.809. The van der Waals surface area contributed by atoms with Crippen LogP contribution in [0.5, 0.6) is 0 Å². The van der Waals surface area contributed by atoms with Crippen LogP contribution in [0.25, 0.3) is 0 Å². The van der Waals surface area contributed by atoms with Crippen molar-refractivity contribution in [3.8, 4) is 0 Å². The molecule has 0 radical (unpaired) electrons. The lowest BCUT2D eigenvalue weighted by atomic mass is 9.86. The van der Waals surface area contributed by atoms with E-state index >= 15 is 0 Å². The second-order valence-corrected chi connectivity index (χ2v) is 27.8. The van der Waals surface area contributed by atoms with Gasteiger partial charge in [-0.25, -0.2) is 0 Å². The summed E-state index contributed by atoms with van der Waals surface area (Å²) in [5.74, 6) is -15.8. The Bertz CT molecular complexity index is 2650. The molecule has 0 aliphatic carbocycles. The quantitative estimate of drug-likeness (QED) is 0.0252. The summed E-state index contributed by atoms with van der Waals surface area (Å²) in [6, 6.07) is 0. The van der Waals surface area contributed by atoms with Crippen molar-refractivity contribution in [2.24, 2.45) is 5.41 Å². The molecule has 28 atom stereocenters. The molecule has 0 spiro atoms. The lowest BCUT2D eigenvalue weighted by Gasteiger charge is -2.42. The number of carbonyl (C=O) groups excluding carboxylic acids is 4. The summed E-state index contributed by atoms with van der Waals surface area (Å²) < 4.78 is 45.1. The van der Waals surface area contributed by atoms with Gasteiger partial charge in [0, 0.05) is 64.2 Å². The highest BCUT2D eigenvalue weighted by molar-refractivity contribution is 7.52. The van der Waals surface area contributed by atoms with Crippen molar-refractivity contribution in [2.75, 3.05) is 118 Å². The summed E-state index contributed by atoms with van der Waals surface area (Å²) in [6.07, 6.45) is -66.7. The topological polar surface area (TPSA) is 874 Å². The number of aliphatic carboxylic acids is 4. The van der Waals surface area contributed by atoms with Crippen LogP contribution in [-0.4, -0.2) is 504 Å². The van der Waals surface area contributed by atoms with Gasteiger partial charge in [-0.2, -0.15) is 0 Å².